The summed E-state index contributed by atoms with van der Waals surface area (Å²) >= 11 is 0. The van der Waals surface area contributed by atoms with E-state index in [1.165, 1.54) is 9.46 Å². The van der Waals surface area contributed by atoms with Crippen LogP contribution >= 0.6 is 0 Å². The Balaban J connectivity index is 1.85. The smallest absolute Gasteiger partial charge is 0.238 e. The van der Waals surface area contributed by atoms with E-state index in [0.29, 0.717) is 11.4 Å². The minimum Gasteiger partial charge on any atom is -0.238 e. The Labute approximate surface area is 110 Å². The van der Waals surface area contributed by atoms with Crippen LogP contribution in [0.15, 0.2) is 49.1 Å². The molecule has 0 radical (unpaired) electrons. The Bertz CT molecular complexity index is 566. The fourth-order valence-corrected chi connectivity index (χ4v) is 1.28. The number of hydrogen-bond donors (Lipinski definition) is 0. The molecule has 0 bridgehead atoms. The zero-order valence-corrected chi connectivity index (χ0v) is 9.93. The van der Waals surface area contributed by atoms with E-state index < -0.39 is 0 Å². The van der Waals surface area contributed by atoms with Crippen LogP contribution in [-0.4, -0.2) is 6.79 Å². The van der Waals surface area contributed by atoms with E-state index in [1.54, 1.807) is 49.1 Å². The molecule has 6 nitrogen and oxygen atoms in total. The average Bonchev–Trinajstić information content (AvgIpc) is 2.49. The van der Waals surface area contributed by atoms with Crippen molar-refractivity contribution in [1.29, 1.82) is 0 Å². The molecule has 0 aliphatic carbocycles. The molecule has 0 atom stereocenters. The van der Waals surface area contributed by atoms with Gasteiger partial charge in [-0.25, -0.2) is 19.4 Å². The molecular formula is C13H10N4O2+2. The summed E-state index contributed by atoms with van der Waals surface area (Å²) in [5.41, 5.74) is 1.09. The average molecular weight is 254 g/mol. The van der Waals surface area contributed by atoms with E-state index in [4.69, 9.17) is 22.8 Å². The molecule has 0 spiro atoms. The maximum Gasteiger partial charge on any atom is 0.364 e. The predicted molar refractivity (Wildman–Crippen MR) is 63.8 cm³/mol. The molecule has 2 aromatic heterocycles. The Morgan fingerprint density at radius 3 is 1.47 bits per heavy atom. The predicted octanol–water partition coefficient (Wildman–Crippen LogP) is 0.878. The van der Waals surface area contributed by atoms with Crippen molar-refractivity contribution in [2.75, 3.05) is 6.79 Å². The van der Waals surface area contributed by atoms with Crippen molar-refractivity contribution in [2.24, 2.45) is 0 Å². The van der Waals surface area contributed by atoms with E-state index in [-0.39, 0.29) is 6.79 Å². The molecule has 0 aliphatic heterocycles. The minimum atomic E-state index is 0.00403. The lowest BCUT2D eigenvalue weighted by Crippen LogP contribution is -2.51. The van der Waals surface area contributed by atoms with E-state index in [1.807, 2.05) is 0 Å². The van der Waals surface area contributed by atoms with Gasteiger partial charge >= 0.3 is 6.79 Å². The first kappa shape index (κ1) is 12.3. The van der Waals surface area contributed by atoms with Gasteiger partial charge in [0.1, 0.15) is 0 Å². The summed E-state index contributed by atoms with van der Waals surface area (Å²) in [7, 11) is 0. The van der Waals surface area contributed by atoms with Crippen LogP contribution in [0.2, 0.25) is 0 Å². The SMILES string of the molecule is [C-]#[N+]c1cc[n+](OCO[n+]2ccc([N+]#[C-])cc2)cc1. The highest BCUT2D eigenvalue weighted by Crippen LogP contribution is 2.06. The molecule has 2 rings (SSSR count). The summed E-state index contributed by atoms with van der Waals surface area (Å²) in [6.45, 7) is 13.7. The van der Waals surface area contributed by atoms with Gasteiger partial charge in [-0.3, -0.25) is 0 Å². The van der Waals surface area contributed by atoms with Crippen LogP contribution in [0.5, 0.6) is 0 Å². The van der Waals surface area contributed by atoms with Crippen LogP contribution in [0.4, 0.5) is 11.4 Å². The second-order valence-corrected chi connectivity index (χ2v) is 3.43. The molecule has 0 aliphatic rings. The van der Waals surface area contributed by atoms with Crippen LogP contribution < -0.4 is 19.1 Å². The van der Waals surface area contributed by atoms with Gasteiger partial charge in [-0.1, -0.05) is 0 Å². The number of pyridine rings is 2. The lowest BCUT2D eigenvalue weighted by molar-refractivity contribution is -0.950. The molecule has 92 valence electrons. The molecule has 0 fully saturated rings. The summed E-state index contributed by atoms with van der Waals surface area (Å²) in [6.07, 6.45) is 6.51. The number of hydrogen-bond acceptors (Lipinski definition) is 2. The molecule has 6 heteroatoms. The topological polar surface area (TPSA) is 34.9 Å². The van der Waals surface area contributed by atoms with E-state index in [9.17, 15) is 0 Å². The largest absolute Gasteiger partial charge is 0.364 e. The first-order chi connectivity index (χ1) is 9.31. The van der Waals surface area contributed by atoms with Gasteiger partial charge in [0.25, 0.3) is 0 Å². The van der Waals surface area contributed by atoms with E-state index in [2.05, 4.69) is 9.69 Å². The van der Waals surface area contributed by atoms with Gasteiger partial charge in [-0.15, -0.1) is 0 Å². The van der Waals surface area contributed by atoms with Crippen molar-refractivity contribution in [3.8, 4) is 0 Å². The highest BCUT2D eigenvalue weighted by atomic mass is 16.8. The summed E-state index contributed by atoms with van der Waals surface area (Å²) in [5.74, 6) is 0. The number of aromatic nitrogens is 2. The fourth-order valence-electron chi connectivity index (χ4n) is 1.28. The molecule has 0 unspecified atom stereocenters. The summed E-state index contributed by atoms with van der Waals surface area (Å²) in [5, 5.41) is 0. The third kappa shape index (κ3) is 3.42. The first-order valence-corrected chi connectivity index (χ1v) is 5.36. The minimum absolute atomic E-state index is 0.00403. The van der Waals surface area contributed by atoms with Gasteiger partial charge < -0.3 is 0 Å². The van der Waals surface area contributed by atoms with Crippen molar-refractivity contribution < 1.29 is 19.1 Å². The lowest BCUT2D eigenvalue weighted by atomic mass is 10.4. The molecule has 2 aromatic rings. The van der Waals surface area contributed by atoms with Gasteiger partial charge in [-0.05, 0) is 0 Å². The van der Waals surface area contributed by atoms with E-state index >= 15 is 0 Å². The molecule has 19 heavy (non-hydrogen) atoms. The van der Waals surface area contributed by atoms with Crippen molar-refractivity contribution in [3.63, 3.8) is 0 Å². The van der Waals surface area contributed by atoms with Crippen molar-refractivity contribution >= 4 is 11.4 Å². The second kappa shape index (κ2) is 5.99. The van der Waals surface area contributed by atoms with Crippen molar-refractivity contribution in [1.82, 2.24) is 0 Å². The maximum atomic E-state index is 6.82. The number of nitrogens with zero attached hydrogens (tertiary/aromatic N) is 4. The first-order valence-electron chi connectivity index (χ1n) is 5.36. The molecule has 0 amide bonds. The molecule has 2 heterocycles. The highest BCUT2D eigenvalue weighted by Gasteiger charge is 2.06. The lowest BCUT2D eigenvalue weighted by Gasteiger charge is -1.97. The monoisotopic (exact) mass is 254 g/mol. The van der Waals surface area contributed by atoms with Crippen LogP contribution in [-0.2, 0) is 0 Å². The Morgan fingerprint density at radius 1 is 0.789 bits per heavy atom. The second-order valence-electron chi connectivity index (χ2n) is 3.43. The molecular weight excluding hydrogens is 244 g/mol. The molecule has 0 N–H and O–H groups in total. The zero-order chi connectivity index (χ0) is 13.5. The summed E-state index contributed by atoms with van der Waals surface area (Å²) in [6, 6.07) is 6.57. The normalized spacial score (nSPS) is 9.16. The van der Waals surface area contributed by atoms with Crippen LogP contribution in [0.3, 0.4) is 0 Å². The molecule has 0 aromatic carbocycles. The van der Waals surface area contributed by atoms with Gasteiger partial charge in [0.15, 0.2) is 11.4 Å². The van der Waals surface area contributed by atoms with Gasteiger partial charge in [0.05, 0.1) is 13.1 Å². The zero-order valence-electron chi connectivity index (χ0n) is 9.93. The Morgan fingerprint density at radius 2 is 1.16 bits per heavy atom. The van der Waals surface area contributed by atoms with Crippen LogP contribution in [0.1, 0.15) is 0 Å². The fraction of sp³-hybridized carbons (Fsp3) is 0.0769. The third-order valence-electron chi connectivity index (χ3n) is 2.23. The van der Waals surface area contributed by atoms with Crippen LogP contribution in [0, 0.1) is 13.1 Å². The van der Waals surface area contributed by atoms with Crippen molar-refractivity contribution in [2.45, 2.75) is 0 Å². The highest BCUT2D eigenvalue weighted by molar-refractivity contribution is 5.40. The van der Waals surface area contributed by atoms with Crippen molar-refractivity contribution in [3.05, 3.63) is 71.9 Å². The Hall–Kier alpha value is -3.12. The molecule has 0 saturated heterocycles. The van der Waals surface area contributed by atoms with Gasteiger partial charge in [0, 0.05) is 33.7 Å². The van der Waals surface area contributed by atoms with Gasteiger partial charge in [-0.2, -0.15) is 0 Å². The third-order valence-corrected chi connectivity index (χ3v) is 2.23. The maximum absolute atomic E-state index is 6.82. The van der Waals surface area contributed by atoms with E-state index in [0.717, 1.165) is 0 Å². The van der Waals surface area contributed by atoms with Gasteiger partial charge in [0.2, 0.25) is 24.8 Å². The quantitative estimate of drug-likeness (QED) is 0.461. The molecule has 0 saturated carbocycles. The Kier molecular flexibility index (Phi) is 3.89. The summed E-state index contributed by atoms with van der Waals surface area (Å²) < 4.78 is 2.89. The van der Waals surface area contributed by atoms with Crippen LogP contribution in [0.25, 0.3) is 9.69 Å². The number of rotatable bonds is 4. The summed E-state index contributed by atoms with van der Waals surface area (Å²) in [4.78, 5) is 17.1. The standard InChI is InChI=1S/C13H10N4O2/c1-14-12-3-7-16(8-4-12)18-11-19-17-9-5-13(15-2)6-10-17/h3-10H,11H2/q+2.